The number of aromatic nitrogens is 1. The number of aliphatic hydroxyl groups is 1. The number of aryl methyl sites for hydroxylation is 1. The molecule has 2 aromatic carbocycles. The van der Waals surface area contributed by atoms with Crippen molar-refractivity contribution in [3.05, 3.63) is 84.2 Å². The molecular formula is C25H28N2O3. The van der Waals surface area contributed by atoms with Crippen LogP contribution in [0.4, 0.5) is 0 Å². The largest absolute Gasteiger partial charge is 0.488 e. The topological polar surface area (TPSA) is 71.5 Å². The van der Waals surface area contributed by atoms with Crippen LogP contribution < -0.4 is 10.1 Å². The predicted molar refractivity (Wildman–Crippen MR) is 118 cm³/mol. The van der Waals surface area contributed by atoms with Crippen LogP contribution in [0.1, 0.15) is 24.5 Å². The molecule has 156 valence electrons. The minimum atomic E-state index is -0.558. The molecule has 0 fully saturated rings. The van der Waals surface area contributed by atoms with Gasteiger partial charge in [-0.3, -0.25) is 9.78 Å². The van der Waals surface area contributed by atoms with E-state index in [1.807, 2.05) is 73.8 Å². The lowest BCUT2D eigenvalue weighted by Crippen LogP contribution is -2.29. The van der Waals surface area contributed by atoms with Crippen molar-refractivity contribution in [1.29, 1.82) is 0 Å². The van der Waals surface area contributed by atoms with Gasteiger partial charge >= 0.3 is 0 Å². The van der Waals surface area contributed by atoms with Crippen molar-refractivity contribution < 1.29 is 14.6 Å². The number of hydrogen-bond donors (Lipinski definition) is 2. The van der Waals surface area contributed by atoms with Gasteiger partial charge in [0, 0.05) is 19.4 Å². The maximum Gasteiger partial charge on any atom is 0.224 e. The first-order chi connectivity index (χ1) is 14.5. The molecule has 1 amide bonds. The van der Waals surface area contributed by atoms with Crippen molar-refractivity contribution in [2.45, 2.75) is 38.4 Å². The van der Waals surface area contributed by atoms with Gasteiger partial charge in [0.15, 0.2) is 0 Å². The molecular weight excluding hydrogens is 376 g/mol. The van der Waals surface area contributed by atoms with Crippen molar-refractivity contribution in [2.24, 2.45) is 0 Å². The van der Waals surface area contributed by atoms with Gasteiger partial charge in [-0.25, -0.2) is 0 Å². The second-order valence-electron chi connectivity index (χ2n) is 7.36. The maximum absolute atomic E-state index is 11.5. The second-order valence-corrected chi connectivity index (χ2v) is 7.36. The highest BCUT2D eigenvalue weighted by molar-refractivity contribution is 5.78. The number of rotatable bonds is 9. The Labute approximate surface area is 177 Å². The van der Waals surface area contributed by atoms with Gasteiger partial charge in [0.05, 0.1) is 12.5 Å². The lowest BCUT2D eigenvalue weighted by molar-refractivity contribution is -0.119. The third-order valence-corrected chi connectivity index (χ3v) is 5.10. The van der Waals surface area contributed by atoms with E-state index in [4.69, 9.17) is 4.74 Å². The van der Waals surface area contributed by atoms with Gasteiger partial charge in [-0.05, 0) is 60.2 Å². The molecule has 3 rings (SSSR count). The van der Waals surface area contributed by atoms with E-state index in [2.05, 4.69) is 10.3 Å². The molecule has 2 atom stereocenters. The van der Waals surface area contributed by atoms with E-state index in [0.29, 0.717) is 12.8 Å². The number of carbonyl (C=O) groups excluding carboxylic acids is 1. The first-order valence-corrected chi connectivity index (χ1v) is 10.2. The molecule has 0 aliphatic rings. The number of nitrogens with one attached hydrogen (secondary N) is 1. The number of carbonyl (C=O) groups is 1. The van der Waals surface area contributed by atoms with Crippen LogP contribution in [-0.4, -0.2) is 35.3 Å². The molecule has 5 nitrogen and oxygen atoms in total. The van der Waals surface area contributed by atoms with Crippen LogP contribution >= 0.6 is 0 Å². The number of aliphatic hydroxyl groups excluding tert-OH is 1. The summed E-state index contributed by atoms with van der Waals surface area (Å²) < 4.78 is 5.92. The number of ether oxygens (including phenoxy) is 1. The van der Waals surface area contributed by atoms with Gasteiger partial charge in [0.25, 0.3) is 0 Å². The molecule has 1 aromatic heterocycles. The number of hydrogen-bond acceptors (Lipinski definition) is 4. The van der Waals surface area contributed by atoms with E-state index < -0.39 is 6.10 Å². The fourth-order valence-electron chi connectivity index (χ4n) is 3.20. The van der Waals surface area contributed by atoms with E-state index in [1.165, 1.54) is 0 Å². The number of benzene rings is 2. The molecule has 30 heavy (non-hydrogen) atoms. The normalized spacial score (nSPS) is 12.8. The van der Waals surface area contributed by atoms with E-state index in [9.17, 15) is 9.90 Å². The number of pyridine rings is 1. The number of nitrogens with zero attached hydrogens (tertiary/aromatic N) is 1. The van der Waals surface area contributed by atoms with Crippen LogP contribution in [0.2, 0.25) is 0 Å². The summed E-state index contributed by atoms with van der Waals surface area (Å²) in [6, 6.07) is 19.7. The minimum absolute atomic E-state index is 0.000921. The summed E-state index contributed by atoms with van der Waals surface area (Å²) >= 11 is 0. The summed E-state index contributed by atoms with van der Waals surface area (Å²) in [7, 11) is 1.64. The van der Waals surface area contributed by atoms with Crippen LogP contribution in [-0.2, 0) is 17.6 Å². The van der Waals surface area contributed by atoms with E-state index in [1.54, 1.807) is 13.2 Å². The quantitative estimate of drug-likeness (QED) is 0.569. The van der Waals surface area contributed by atoms with Crippen molar-refractivity contribution in [3.63, 3.8) is 0 Å². The molecule has 0 radical (unpaired) electrons. The Morgan fingerprint density at radius 2 is 1.70 bits per heavy atom. The predicted octanol–water partition coefficient (Wildman–Crippen LogP) is 3.80. The average molecular weight is 405 g/mol. The molecule has 3 aromatic rings. The average Bonchev–Trinajstić information content (AvgIpc) is 2.79. The molecule has 0 spiro atoms. The Hall–Kier alpha value is -3.18. The highest BCUT2D eigenvalue weighted by Crippen LogP contribution is 2.24. The first kappa shape index (κ1) is 21.5. The minimum Gasteiger partial charge on any atom is -0.488 e. The van der Waals surface area contributed by atoms with Gasteiger partial charge in [-0.1, -0.05) is 42.5 Å². The fraction of sp³-hybridized carbons (Fsp3) is 0.280. The van der Waals surface area contributed by atoms with Crippen LogP contribution in [0, 0.1) is 0 Å². The highest BCUT2D eigenvalue weighted by atomic mass is 16.5. The maximum atomic E-state index is 11.5. The van der Waals surface area contributed by atoms with E-state index in [-0.39, 0.29) is 12.0 Å². The molecule has 0 saturated heterocycles. The van der Waals surface area contributed by atoms with Crippen molar-refractivity contribution in [1.82, 2.24) is 10.3 Å². The van der Waals surface area contributed by atoms with Crippen LogP contribution in [0.3, 0.4) is 0 Å². The SMILES string of the molecule is CNC(=O)Cc1ccc(-c2ccc(O[C@@H](C)C(O)CCc3cccnc3)cc2)cc1. The summed E-state index contributed by atoms with van der Waals surface area (Å²) in [5, 5.41) is 13.0. The Balaban J connectivity index is 1.54. The third-order valence-electron chi connectivity index (χ3n) is 5.10. The Morgan fingerprint density at radius 3 is 2.30 bits per heavy atom. The van der Waals surface area contributed by atoms with Gasteiger partial charge in [-0.2, -0.15) is 0 Å². The van der Waals surface area contributed by atoms with E-state index >= 15 is 0 Å². The standard InChI is InChI=1S/C25H28N2O3/c1-18(24(28)14-7-20-4-3-15-27-17-20)30-23-12-10-22(11-13-23)21-8-5-19(6-9-21)16-25(29)26-2/h3-6,8-13,15,17-18,24,28H,7,14,16H2,1-2H3,(H,26,29)/t18-,24?/m0/s1. The zero-order chi connectivity index (χ0) is 21.3. The summed E-state index contributed by atoms with van der Waals surface area (Å²) in [5.41, 5.74) is 4.23. The zero-order valence-electron chi connectivity index (χ0n) is 17.4. The lowest BCUT2D eigenvalue weighted by atomic mass is 10.0. The Morgan fingerprint density at radius 1 is 1.03 bits per heavy atom. The van der Waals surface area contributed by atoms with Gasteiger partial charge < -0.3 is 15.2 Å². The first-order valence-electron chi connectivity index (χ1n) is 10.2. The second kappa shape index (κ2) is 10.6. The van der Waals surface area contributed by atoms with Gasteiger partial charge in [0.2, 0.25) is 5.91 Å². The van der Waals surface area contributed by atoms with Gasteiger partial charge in [0.1, 0.15) is 11.9 Å². The zero-order valence-corrected chi connectivity index (χ0v) is 17.4. The molecule has 0 aliphatic heterocycles. The molecule has 1 heterocycles. The van der Waals surface area contributed by atoms with Crippen molar-refractivity contribution in [2.75, 3.05) is 7.05 Å². The summed E-state index contributed by atoms with van der Waals surface area (Å²) in [4.78, 5) is 15.6. The molecule has 0 saturated carbocycles. The highest BCUT2D eigenvalue weighted by Gasteiger charge is 2.16. The van der Waals surface area contributed by atoms with E-state index in [0.717, 1.165) is 34.4 Å². The fourth-order valence-corrected chi connectivity index (χ4v) is 3.20. The monoisotopic (exact) mass is 404 g/mol. The third kappa shape index (κ3) is 6.16. The van der Waals surface area contributed by atoms with Crippen molar-refractivity contribution >= 4 is 5.91 Å². The molecule has 1 unspecified atom stereocenters. The Kier molecular flexibility index (Phi) is 7.57. The van der Waals surface area contributed by atoms with Crippen LogP contribution in [0.15, 0.2) is 73.1 Å². The Bertz CT molecular complexity index is 925. The summed E-state index contributed by atoms with van der Waals surface area (Å²) in [5.74, 6) is 0.726. The molecule has 5 heteroatoms. The smallest absolute Gasteiger partial charge is 0.224 e. The number of amides is 1. The van der Waals surface area contributed by atoms with Crippen LogP contribution in [0.5, 0.6) is 5.75 Å². The summed E-state index contributed by atoms with van der Waals surface area (Å²) in [6.45, 7) is 1.88. The molecule has 0 aliphatic carbocycles. The summed E-state index contributed by atoms with van der Waals surface area (Å²) in [6.07, 6.45) is 4.46. The molecule has 2 N–H and O–H groups in total. The van der Waals surface area contributed by atoms with Crippen molar-refractivity contribution in [3.8, 4) is 16.9 Å². The van der Waals surface area contributed by atoms with Gasteiger partial charge in [-0.15, -0.1) is 0 Å². The number of likely N-dealkylation sites (N-methyl/N-ethyl adjacent to an activating group) is 1. The van der Waals surface area contributed by atoms with Crippen LogP contribution in [0.25, 0.3) is 11.1 Å². The molecule has 0 bridgehead atoms. The lowest BCUT2D eigenvalue weighted by Gasteiger charge is -2.20.